The third kappa shape index (κ3) is 3.57. The molecule has 1 amide bonds. The number of carbonyl (C=O) groups excluding carboxylic acids is 1. The second kappa shape index (κ2) is 6.03. The third-order valence-electron chi connectivity index (χ3n) is 2.52. The van der Waals surface area contributed by atoms with E-state index < -0.39 is 17.5 Å². The normalized spacial score (nSPS) is 10.4. The summed E-state index contributed by atoms with van der Waals surface area (Å²) in [7, 11) is 0. The Hall–Kier alpha value is -2.31. The number of aromatic amines is 1. The fourth-order valence-electron chi connectivity index (χ4n) is 1.55. The molecule has 2 N–H and O–H groups in total. The lowest BCUT2D eigenvalue weighted by atomic mass is 10.2. The van der Waals surface area contributed by atoms with Crippen LogP contribution in [-0.2, 0) is 6.42 Å². The summed E-state index contributed by atoms with van der Waals surface area (Å²) in [6.07, 6.45) is 2.73. The van der Waals surface area contributed by atoms with Gasteiger partial charge in [-0.1, -0.05) is 0 Å². The fraction of sp³-hybridized carbons (Fsp3) is 0.250. The van der Waals surface area contributed by atoms with Crippen molar-refractivity contribution < 1.29 is 13.6 Å². The number of rotatable bonds is 5. The molecule has 0 unspecified atom stereocenters. The number of H-pyrrole nitrogens is 1. The number of nitrogens with zero attached hydrogens (tertiary/aromatic N) is 2. The Labute approximate surface area is 108 Å². The highest BCUT2D eigenvalue weighted by atomic mass is 19.2. The van der Waals surface area contributed by atoms with E-state index in [1.165, 1.54) is 12.4 Å². The Balaban J connectivity index is 1.79. The molecule has 100 valence electrons. The number of carbonyl (C=O) groups is 1. The Morgan fingerprint density at radius 2 is 2.16 bits per heavy atom. The van der Waals surface area contributed by atoms with E-state index in [1.54, 1.807) is 0 Å². The van der Waals surface area contributed by atoms with Crippen LogP contribution in [0.5, 0.6) is 0 Å². The molecule has 0 saturated carbocycles. The molecule has 5 nitrogen and oxygen atoms in total. The first-order valence-electron chi connectivity index (χ1n) is 5.74. The Kier molecular flexibility index (Phi) is 4.17. The lowest BCUT2D eigenvalue weighted by Crippen LogP contribution is -2.25. The molecule has 1 aromatic carbocycles. The van der Waals surface area contributed by atoms with Crippen LogP contribution in [0.15, 0.2) is 24.5 Å². The van der Waals surface area contributed by atoms with Crippen LogP contribution in [0, 0.1) is 11.6 Å². The third-order valence-corrected chi connectivity index (χ3v) is 2.52. The van der Waals surface area contributed by atoms with Gasteiger partial charge in [0.1, 0.15) is 12.2 Å². The quantitative estimate of drug-likeness (QED) is 0.804. The molecule has 0 saturated heterocycles. The van der Waals surface area contributed by atoms with Gasteiger partial charge in [0.2, 0.25) is 0 Å². The molecule has 0 spiro atoms. The fourth-order valence-corrected chi connectivity index (χ4v) is 1.55. The van der Waals surface area contributed by atoms with E-state index in [0.717, 1.165) is 18.0 Å². The highest BCUT2D eigenvalue weighted by Crippen LogP contribution is 2.08. The number of nitrogens with one attached hydrogen (secondary N) is 2. The number of amides is 1. The largest absolute Gasteiger partial charge is 0.352 e. The Bertz CT molecular complexity index is 557. The average molecular weight is 266 g/mol. The molecule has 0 fully saturated rings. The van der Waals surface area contributed by atoms with E-state index in [4.69, 9.17) is 0 Å². The smallest absolute Gasteiger partial charge is 0.251 e. The topological polar surface area (TPSA) is 70.7 Å². The number of halogens is 2. The maximum atomic E-state index is 12.9. The minimum Gasteiger partial charge on any atom is -0.352 e. The van der Waals surface area contributed by atoms with Crippen LogP contribution in [0.1, 0.15) is 22.6 Å². The molecule has 0 atom stereocenters. The number of aromatic nitrogens is 3. The summed E-state index contributed by atoms with van der Waals surface area (Å²) in [6, 6.07) is 3.05. The first kappa shape index (κ1) is 13.1. The van der Waals surface area contributed by atoms with Crippen LogP contribution in [0.25, 0.3) is 0 Å². The number of hydrogen-bond donors (Lipinski definition) is 2. The molecule has 2 rings (SSSR count). The second-order valence-corrected chi connectivity index (χ2v) is 3.92. The molecular weight excluding hydrogens is 254 g/mol. The SMILES string of the molecule is O=C(NCCCc1ncn[nH]1)c1ccc(F)c(F)c1. The molecular formula is C12H12F2N4O. The van der Waals surface area contributed by atoms with Gasteiger partial charge in [-0.25, -0.2) is 13.8 Å². The van der Waals surface area contributed by atoms with Gasteiger partial charge in [-0.2, -0.15) is 5.10 Å². The molecule has 1 aromatic heterocycles. The minimum absolute atomic E-state index is 0.0959. The summed E-state index contributed by atoms with van der Waals surface area (Å²) in [5, 5.41) is 9.02. The van der Waals surface area contributed by atoms with Crippen molar-refractivity contribution in [1.82, 2.24) is 20.5 Å². The molecule has 0 radical (unpaired) electrons. The standard InChI is InChI=1S/C12H12F2N4O/c13-9-4-3-8(6-10(9)14)12(19)15-5-1-2-11-16-7-17-18-11/h3-4,6-7H,1-2,5H2,(H,15,19)(H,16,17,18). The van der Waals surface area contributed by atoms with Crippen LogP contribution in [0.2, 0.25) is 0 Å². The maximum absolute atomic E-state index is 12.9. The van der Waals surface area contributed by atoms with Gasteiger partial charge in [-0.05, 0) is 24.6 Å². The molecule has 0 aliphatic rings. The second-order valence-electron chi connectivity index (χ2n) is 3.92. The summed E-state index contributed by atoms with van der Waals surface area (Å²) in [4.78, 5) is 15.6. The highest BCUT2D eigenvalue weighted by Gasteiger charge is 2.09. The van der Waals surface area contributed by atoms with Crippen molar-refractivity contribution in [2.75, 3.05) is 6.54 Å². The zero-order valence-electron chi connectivity index (χ0n) is 9.99. The van der Waals surface area contributed by atoms with Gasteiger partial charge in [0, 0.05) is 18.5 Å². The monoisotopic (exact) mass is 266 g/mol. The van der Waals surface area contributed by atoms with Crippen molar-refractivity contribution in [3.63, 3.8) is 0 Å². The van der Waals surface area contributed by atoms with E-state index in [9.17, 15) is 13.6 Å². The predicted molar refractivity (Wildman–Crippen MR) is 63.4 cm³/mol. The molecule has 0 aliphatic heterocycles. The van der Waals surface area contributed by atoms with Crippen molar-refractivity contribution >= 4 is 5.91 Å². The van der Waals surface area contributed by atoms with Crippen molar-refractivity contribution in [3.8, 4) is 0 Å². The van der Waals surface area contributed by atoms with Crippen molar-refractivity contribution in [1.29, 1.82) is 0 Å². The van der Waals surface area contributed by atoms with Crippen molar-refractivity contribution in [3.05, 3.63) is 47.5 Å². The number of hydrogen-bond acceptors (Lipinski definition) is 3. The summed E-state index contributed by atoms with van der Waals surface area (Å²) in [6.45, 7) is 0.415. The van der Waals surface area contributed by atoms with Crippen molar-refractivity contribution in [2.24, 2.45) is 0 Å². The molecule has 1 heterocycles. The van der Waals surface area contributed by atoms with E-state index in [-0.39, 0.29) is 5.56 Å². The highest BCUT2D eigenvalue weighted by molar-refractivity contribution is 5.94. The zero-order chi connectivity index (χ0) is 13.7. The molecule has 0 aliphatic carbocycles. The molecule has 19 heavy (non-hydrogen) atoms. The lowest BCUT2D eigenvalue weighted by molar-refractivity contribution is 0.0952. The minimum atomic E-state index is -1.03. The zero-order valence-corrected chi connectivity index (χ0v) is 9.99. The van der Waals surface area contributed by atoms with Gasteiger partial charge >= 0.3 is 0 Å². The maximum Gasteiger partial charge on any atom is 0.251 e. The summed E-state index contributed by atoms with van der Waals surface area (Å²) >= 11 is 0. The van der Waals surface area contributed by atoms with E-state index in [1.807, 2.05) is 0 Å². The Morgan fingerprint density at radius 1 is 1.32 bits per heavy atom. The van der Waals surface area contributed by atoms with E-state index >= 15 is 0 Å². The van der Waals surface area contributed by atoms with Gasteiger partial charge in [0.15, 0.2) is 11.6 Å². The summed E-state index contributed by atoms with van der Waals surface area (Å²) in [5.41, 5.74) is 0.0959. The van der Waals surface area contributed by atoms with Gasteiger partial charge in [-0.15, -0.1) is 0 Å². The molecule has 0 bridgehead atoms. The first-order chi connectivity index (χ1) is 9.16. The first-order valence-corrected chi connectivity index (χ1v) is 5.74. The van der Waals surface area contributed by atoms with Gasteiger partial charge < -0.3 is 5.32 Å². The summed E-state index contributed by atoms with van der Waals surface area (Å²) < 4.78 is 25.6. The molecule has 2 aromatic rings. The van der Waals surface area contributed by atoms with Crippen LogP contribution in [-0.4, -0.2) is 27.6 Å². The van der Waals surface area contributed by atoms with Crippen LogP contribution in [0.4, 0.5) is 8.78 Å². The van der Waals surface area contributed by atoms with E-state index in [2.05, 4.69) is 20.5 Å². The predicted octanol–water partition coefficient (Wildman–Crippen LogP) is 1.45. The lowest BCUT2D eigenvalue weighted by Gasteiger charge is -2.04. The van der Waals surface area contributed by atoms with Crippen LogP contribution >= 0.6 is 0 Å². The van der Waals surface area contributed by atoms with Crippen LogP contribution < -0.4 is 5.32 Å². The number of aryl methyl sites for hydroxylation is 1. The van der Waals surface area contributed by atoms with Gasteiger partial charge in [0.05, 0.1) is 0 Å². The van der Waals surface area contributed by atoms with Crippen molar-refractivity contribution in [2.45, 2.75) is 12.8 Å². The number of benzene rings is 1. The van der Waals surface area contributed by atoms with Gasteiger partial charge in [0.25, 0.3) is 5.91 Å². The summed E-state index contributed by atoms with van der Waals surface area (Å²) in [5.74, 6) is -1.70. The van der Waals surface area contributed by atoms with Gasteiger partial charge in [-0.3, -0.25) is 9.89 Å². The van der Waals surface area contributed by atoms with E-state index in [0.29, 0.717) is 19.4 Å². The Morgan fingerprint density at radius 3 is 2.84 bits per heavy atom. The van der Waals surface area contributed by atoms with Crippen LogP contribution in [0.3, 0.4) is 0 Å². The molecule has 7 heteroatoms. The average Bonchev–Trinajstić information content (AvgIpc) is 2.91.